The summed E-state index contributed by atoms with van der Waals surface area (Å²) in [5.41, 5.74) is 0.779. The van der Waals surface area contributed by atoms with Crippen molar-refractivity contribution in [3.63, 3.8) is 0 Å². The van der Waals surface area contributed by atoms with Crippen molar-refractivity contribution < 1.29 is 9.53 Å². The molecule has 0 aromatic heterocycles. The molecule has 1 N–H and O–H groups in total. The van der Waals surface area contributed by atoms with Crippen LogP contribution >= 0.6 is 15.9 Å². The fourth-order valence-corrected chi connectivity index (χ4v) is 1.99. The number of hydrogen-bond acceptors (Lipinski definition) is 3. The number of methoxy groups -OCH3 is 1. The van der Waals surface area contributed by atoms with E-state index < -0.39 is 0 Å². The third-order valence-corrected chi connectivity index (χ3v) is 3.19. The maximum Gasteiger partial charge on any atom is 0.226 e. The van der Waals surface area contributed by atoms with Crippen molar-refractivity contribution in [3.8, 4) is 5.75 Å². The van der Waals surface area contributed by atoms with Gasteiger partial charge in [-0.2, -0.15) is 0 Å². The Bertz CT molecular complexity index is 410. The number of halogens is 1. The molecule has 0 atom stereocenters. The molecule has 0 saturated carbocycles. The maximum absolute atomic E-state index is 12.0. The first kappa shape index (κ1) is 15.0. The van der Waals surface area contributed by atoms with Crippen molar-refractivity contribution in [2.45, 2.75) is 12.8 Å². The lowest BCUT2D eigenvalue weighted by Crippen LogP contribution is -2.27. The standard InChI is InChI=1S/C13H19BrN2O2/c1-15-8-4-5-13(17)16(2)11-9-10(14)6-7-12(11)18-3/h6-7,9,15H,4-5,8H2,1-3H3. The van der Waals surface area contributed by atoms with Crippen molar-refractivity contribution >= 4 is 27.5 Å². The predicted molar refractivity (Wildman–Crippen MR) is 77.3 cm³/mol. The highest BCUT2D eigenvalue weighted by Gasteiger charge is 2.15. The number of anilines is 1. The molecule has 1 rings (SSSR count). The quantitative estimate of drug-likeness (QED) is 0.820. The van der Waals surface area contributed by atoms with Crippen LogP contribution in [-0.4, -0.2) is 33.7 Å². The molecule has 18 heavy (non-hydrogen) atoms. The van der Waals surface area contributed by atoms with E-state index in [1.54, 1.807) is 19.1 Å². The van der Waals surface area contributed by atoms with E-state index in [4.69, 9.17) is 4.74 Å². The van der Waals surface area contributed by atoms with Gasteiger partial charge in [0.05, 0.1) is 12.8 Å². The number of carbonyl (C=O) groups excluding carboxylic acids is 1. The van der Waals surface area contributed by atoms with Crippen LogP contribution in [0, 0.1) is 0 Å². The van der Waals surface area contributed by atoms with Crippen LogP contribution in [0.1, 0.15) is 12.8 Å². The summed E-state index contributed by atoms with van der Waals surface area (Å²) in [6, 6.07) is 5.62. The van der Waals surface area contributed by atoms with E-state index in [-0.39, 0.29) is 5.91 Å². The van der Waals surface area contributed by atoms with Crippen molar-refractivity contribution in [2.75, 3.05) is 32.6 Å². The SMILES string of the molecule is CNCCCC(=O)N(C)c1cc(Br)ccc1OC. The second-order valence-electron chi connectivity index (χ2n) is 3.98. The van der Waals surface area contributed by atoms with Crippen molar-refractivity contribution in [3.05, 3.63) is 22.7 Å². The van der Waals surface area contributed by atoms with Gasteiger partial charge in [-0.25, -0.2) is 0 Å². The highest BCUT2D eigenvalue weighted by molar-refractivity contribution is 9.10. The second-order valence-corrected chi connectivity index (χ2v) is 4.89. The lowest BCUT2D eigenvalue weighted by atomic mass is 10.2. The zero-order valence-electron chi connectivity index (χ0n) is 11.0. The van der Waals surface area contributed by atoms with E-state index in [1.165, 1.54) is 0 Å². The Morgan fingerprint density at radius 1 is 1.50 bits per heavy atom. The maximum atomic E-state index is 12.0. The van der Waals surface area contributed by atoms with Gasteiger partial charge in [-0.15, -0.1) is 0 Å². The summed E-state index contributed by atoms with van der Waals surface area (Å²) >= 11 is 3.40. The zero-order chi connectivity index (χ0) is 13.5. The van der Waals surface area contributed by atoms with E-state index in [2.05, 4.69) is 21.2 Å². The average molecular weight is 315 g/mol. The van der Waals surface area contributed by atoms with Gasteiger partial charge in [0.2, 0.25) is 5.91 Å². The van der Waals surface area contributed by atoms with Gasteiger partial charge >= 0.3 is 0 Å². The molecule has 0 aliphatic rings. The Morgan fingerprint density at radius 2 is 2.22 bits per heavy atom. The third kappa shape index (κ3) is 3.99. The molecular weight excluding hydrogens is 296 g/mol. The summed E-state index contributed by atoms with van der Waals surface area (Å²) in [5, 5.41) is 3.03. The summed E-state index contributed by atoms with van der Waals surface area (Å²) in [7, 11) is 5.25. The van der Waals surface area contributed by atoms with Gasteiger partial charge in [0.15, 0.2) is 0 Å². The first-order chi connectivity index (χ1) is 8.60. The minimum atomic E-state index is 0.0849. The van der Waals surface area contributed by atoms with E-state index in [1.807, 2.05) is 25.2 Å². The van der Waals surface area contributed by atoms with E-state index in [0.717, 1.165) is 23.1 Å². The van der Waals surface area contributed by atoms with Gasteiger partial charge in [0.1, 0.15) is 5.75 Å². The van der Waals surface area contributed by atoms with Crippen LogP contribution in [0.3, 0.4) is 0 Å². The molecule has 0 aliphatic heterocycles. The molecule has 0 radical (unpaired) electrons. The number of rotatable bonds is 6. The van der Waals surface area contributed by atoms with Gasteiger partial charge in [-0.1, -0.05) is 15.9 Å². The van der Waals surface area contributed by atoms with Crippen LogP contribution in [0.4, 0.5) is 5.69 Å². The number of ether oxygens (including phenoxy) is 1. The predicted octanol–water partition coefficient (Wildman–Crippen LogP) is 2.42. The summed E-state index contributed by atoms with van der Waals surface area (Å²) in [6.45, 7) is 0.842. The topological polar surface area (TPSA) is 41.6 Å². The number of nitrogens with zero attached hydrogens (tertiary/aromatic N) is 1. The van der Waals surface area contributed by atoms with E-state index in [0.29, 0.717) is 12.2 Å². The number of benzene rings is 1. The fourth-order valence-electron chi connectivity index (χ4n) is 1.64. The molecule has 4 nitrogen and oxygen atoms in total. The second kappa shape index (κ2) is 7.38. The number of amides is 1. The average Bonchev–Trinajstić information content (AvgIpc) is 2.38. The number of nitrogens with one attached hydrogen (secondary N) is 1. The summed E-state index contributed by atoms with van der Waals surface area (Å²) in [4.78, 5) is 13.7. The van der Waals surface area contributed by atoms with Gasteiger partial charge in [-0.3, -0.25) is 4.79 Å². The summed E-state index contributed by atoms with van der Waals surface area (Å²) in [6.07, 6.45) is 1.35. The normalized spacial score (nSPS) is 10.2. The molecule has 0 fully saturated rings. The van der Waals surface area contributed by atoms with Gasteiger partial charge in [0, 0.05) is 17.9 Å². The van der Waals surface area contributed by atoms with Crippen LogP contribution in [0.2, 0.25) is 0 Å². The zero-order valence-corrected chi connectivity index (χ0v) is 12.6. The van der Waals surface area contributed by atoms with E-state index >= 15 is 0 Å². The van der Waals surface area contributed by atoms with Crippen LogP contribution in [0.15, 0.2) is 22.7 Å². The molecule has 1 amide bonds. The molecule has 0 heterocycles. The van der Waals surface area contributed by atoms with Crippen molar-refractivity contribution in [1.29, 1.82) is 0 Å². The molecule has 0 aliphatic carbocycles. The van der Waals surface area contributed by atoms with Gasteiger partial charge < -0.3 is 15.0 Å². The Labute approximate surface area is 116 Å². The van der Waals surface area contributed by atoms with E-state index in [9.17, 15) is 4.79 Å². The lowest BCUT2D eigenvalue weighted by molar-refractivity contribution is -0.118. The summed E-state index contributed by atoms with van der Waals surface area (Å²) in [5.74, 6) is 0.782. The Kier molecular flexibility index (Phi) is 6.15. The Morgan fingerprint density at radius 3 is 2.83 bits per heavy atom. The van der Waals surface area contributed by atoms with Crippen molar-refractivity contribution in [2.24, 2.45) is 0 Å². The smallest absolute Gasteiger partial charge is 0.226 e. The fraction of sp³-hybridized carbons (Fsp3) is 0.462. The molecule has 0 saturated heterocycles. The molecule has 0 unspecified atom stereocenters. The monoisotopic (exact) mass is 314 g/mol. The van der Waals surface area contributed by atoms with Crippen LogP contribution < -0.4 is 15.0 Å². The number of hydrogen-bond donors (Lipinski definition) is 1. The van der Waals surface area contributed by atoms with Gasteiger partial charge in [-0.05, 0) is 38.2 Å². The molecule has 0 spiro atoms. The van der Waals surface area contributed by atoms with Crippen molar-refractivity contribution in [1.82, 2.24) is 5.32 Å². The minimum Gasteiger partial charge on any atom is -0.495 e. The molecule has 100 valence electrons. The lowest BCUT2D eigenvalue weighted by Gasteiger charge is -2.20. The first-order valence-corrected chi connectivity index (χ1v) is 6.64. The van der Waals surface area contributed by atoms with Crippen LogP contribution in [-0.2, 0) is 4.79 Å². The van der Waals surface area contributed by atoms with Crippen LogP contribution in [0.25, 0.3) is 0 Å². The molecule has 1 aromatic carbocycles. The first-order valence-electron chi connectivity index (χ1n) is 5.85. The molecule has 1 aromatic rings. The van der Waals surface area contributed by atoms with Crippen LogP contribution in [0.5, 0.6) is 5.75 Å². The summed E-state index contributed by atoms with van der Waals surface area (Å²) < 4.78 is 6.19. The minimum absolute atomic E-state index is 0.0849. The van der Waals surface area contributed by atoms with Gasteiger partial charge in [0.25, 0.3) is 0 Å². The Hall–Kier alpha value is -1.07. The largest absolute Gasteiger partial charge is 0.495 e. The molecular formula is C13H19BrN2O2. The molecule has 0 bridgehead atoms. The highest BCUT2D eigenvalue weighted by atomic mass is 79.9. The number of carbonyl (C=O) groups is 1. The third-order valence-electron chi connectivity index (χ3n) is 2.69. The molecule has 5 heteroatoms. The Balaban J connectivity index is 2.78. The highest BCUT2D eigenvalue weighted by Crippen LogP contribution is 2.31.